The number of fused-ring (bicyclic) bond motifs is 11. The van der Waals surface area contributed by atoms with Crippen LogP contribution in [0.3, 0.4) is 0 Å². The molecule has 0 radical (unpaired) electrons. The standard InChI is InChI=1S/C43H33N3S/c1-5-12-26-19-24-35-33(25-26)38-40(30-14-7-6-13-29(30)37-32-16-9-11-18-36(32)47-41(37)38)46(35)42-44-34-17-10-8-15-31(34)39(45-42)27-20-22-28(23-21-27)43(2,3)4/h5-25H,1-4H3/b12-5+. The molecule has 9 aromatic rings. The van der Waals surface area contributed by atoms with Gasteiger partial charge >= 0.3 is 0 Å². The lowest BCUT2D eigenvalue weighted by Crippen LogP contribution is -2.10. The van der Waals surface area contributed by atoms with Crippen LogP contribution in [-0.4, -0.2) is 14.5 Å². The van der Waals surface area contributed by atoms with Crippen LogP contribution < -0.4 is 0 Å². The molecule has 3 heterocycles. The first-order valence-electron chi connectivity index (χ1n) is 16.2. The number of rotatable bonds is 3. The monoisotopic (exact) mass is 623 g/mol. The molecular formula is C43H33N3S. The second-order valence-electron chi connectivity index (χ2n) is 13.4. The van der Waals surface area contributed by atoms with Crippen LogP contribution >= 0.6 is 11.3 Å². The number of benzene rings is 6. The van der Waals surface area contributed by atoms with Crippen molar-refractivity contribution in [2.24, 2.45) is 0 Å². The Kier molecular flexibility index (Phi) is 6.15. The van der Waals surface area contributed by atoms with Crippen molar-refractivity contribution in [1.82, 2.24) is 14.5 Å². The van der Waals surface area contributed by atoms with Crippen LogP contribution in [0.25, 0.3) is 86.9 Å². The Morgan fingerprint density at radius 3 is 2.13 bits per heavy atom. The molecule has 4 heteroatoms. The van der Waals surface area contributed by atoms with Gasteiger partial charge in [0.15, 0.2) is 0 Å². The largest absolute Gasteiger partial charge is 0.277 e. The molecule has 0 saturated heterocycles. The van der Waals surface area contributed by atoms with Crippen molar-refractivity contribution >= 4 is 81.1 Å². The van der Waals surface area contributed by atoms with E-state index in [4.69, 9.17) is 9.97 Å². The third-order valence-electron chi connectivity index (χ3n) is 9.44. The maximum atomic E-state index is 5.44. The zero-order valence-electron chi connectivity index (χ0n) is 26.9. The van der Waals surface area contributed by atoms with E-state index in [2.05, 4.69) is 160 Å². The molecule has 3 nitrogen and oxygen atoms in total. The van der Waals surface area contributed by atoms with Gasteiger partial charge in [0.25, 0.3) is 0 Å². The van der Waals surface area contributed by atoms with Crippen LogP contribution in [0.5, 0.6) is 0 Å². The molecule has 47 heavy (non-hydrogen) atoms. The quantitative estimate of drug-likeness (QED) is 0.196. The summed E-state index contributed by atoms with van der Waals surface area (Å²) in [6.07, 6.45) is 4.28. The van der Waals surface area contributed by atoms with Gasteiger partial charge in [-0.2, -0.15) is 0 Å². The predicted molar refractivity (Wildman–Crippen MR) is 203 cm³/mol. The predicted octanol–water partition coefficient (Wildman–Crippen LogP) is 12.2. The van der Waals surface area contributed by atoms with Crippen LogP contribution in [0, 0.1) is 0 Å². The summed E-state index contributed by atoms with van der Waals surface area (Å²) in [5.41, 5.74) is 7.78. The Balaban J connectivity index is 1.46. The van der Waals surface area contributed by atoms with Crippen molar-refractivity contribution in [2.75, 3.05) is 0 Å². The summed E-state index contributed by atoms with van der Waals surface area (Å²) in [5, 5.41) is 8.61. The molecule has 0 fully saturated rings. The summed E-state index contributed by atoms with van der Waals surface area (Å²) in [5.74, 6) is 0.683. The van der Waals surface area contributed by atoms with E-state index in [9.17, 15) is 0 Å². The minimum Gasteiger partial charge on any atom is -0.277 e. The average molecular weight is 624 g/mol. The van der Waals surface area contributed by atoms with E-state index in [1.165, 1.54) is 52.8 Å². The third kappa shape index (κ3) is 4.25. The summed E-state index contributed by atoms with van der Waals surface area (Å²) >= 11 is 1.88. The Morgan fingerprint density at radius 2 is 1.36 bits per heavy atom. The fraction of sp³-hybridized carbons (Fsp3) is 0.116. The lowest BCUT2D eigenvalue weighted by atomic mass is 9.86. The number of hydrogen-bond donors (Lipinski definition) is 0. The number of hydrogen-bond acceptors (Lipinski definition) is 3. The highest BCUT2D eigenvalue weighted by molar-refractivity contribution is 7.27. The Bertz CT molecular complexity index is 2720. The van der Waals surface area contributed by atoms with Crippen LogP contribution in [-0.2, 0) is 5.41 Å². The number of para-hydroxylation sites is 1. The number of thiophene rings is 1. The fourth-order valence-corrected chi connectivity index (χ4v) is 8.48. The van der Waals surface area contributed by atoms with Gasteiger partial charge in [0.05, 0.1) is 22.2 Å². The molecule has 0 unspecified atom stereocenters. The molecule has 0 atom stereocenters. The lowest BCUT2D eigenvalue weighted by Gasteiger charge is -2.19. The van der Waals surface area contributed by atoms with Gasteiger partial charge in [-0.05, 0) is 53.1 Å². The van der Waals surface area contributed by atoms with Gasteiger partial charge in [0.2, 0.25) is 5.95 Å². The second kappa shape index (κ2) is 10.3. The summed E-state index contributed by atoms with van der Waals surface area (Å²) < 4.78 is 4.92. The van der Waals surface area contributed by atoms with Gasteiger partial charge < -0.3 is 0 Å². The second-order valence-corrected chi connectivity index (χ2v) is 14.5. The van der Waals surface area contributed by atoms with Gasteiger partial charge in [-0.3, -0.25) is 4.57 Å². The minimum atomic E-state index is 0.0746. The topological polar surface area (TPSA) is 30.7 Å². The summed E-state index contributed by atoms with van der Waals surface area (Å²) in [7, 11) is 0. The number of nitrogens with zero attached hydrogens (tertiary/aromatic N) is 3. The molecule has 9 rings (SSSR count). The molecule has 6 aromatic carbocycles. The van der Waals surface area contributed by atoms with Crippen LogP contribution in [0.4, 0.5) is 0 Å². The van der Waals surface area contributed by atoms with E-state index >= 15 is 0 Å². The molecule has 0 aliphatic heterocycles. The average Bonchev–Trinajstić information content (AvgIpc) is 3.64. The molecular weight excluding hydrogens is 591 g/mol. The molecule has 0 N–H and O–H groups in total. The third-order valence-corrected chi connectivity index (χ3v) is 10.6. The van der Waals surface area contributed by atoms with Gasteiger partial charge in [0, 0.05) is 47.3 Å². The van der Waals surface area contributed by atoms with E-state index in [1.54, 1.807) is 0 Å². The summed E-state index contributed by atoms with van der Waals surface area (Å²) in [4.78, 5) is 10.7. The summed E-state index contributed by atoms with van der Waals surface area (Å²) in [6.45, 7) is 8.83. The van der Waals surface area contributed by atoms with Crippen LogP contribution in [0.15, 0.2) is 121 Å². The number of aromatic nitrogens is 3. The van der Waals surface area contributed by atoms with Crippen molar-refractivity contribution in [3.05, 3.63) is 132 Å². The fourth-order valence-electron chi connectivity index (χ4n) is 7.21. The molecule has 226 valence electrons. The maximum absolute atomic E-state index is 5.44. The highest BCUT2D eigenvalue weighted by Gasteiger charge is 2.24. The number of allylic oxidation sites excluding steroid dienone is 1. The van der Waals surface area contributed by atoms with Crippen LogP contribution in [0.2, 0.25) is 0 Å². The lowest BCUT2D eigenvalue weighted by molar-refractivity contribution is 0.590. The Hall–Kier alpha value is -5.32. The van der Waals surface area contributed by atoms with Gasteiger partial charge in [-0.25, -0.2) is 9.97 Å². The van der Waals surface area contributed by atoms with E-state index < -0.39 is 0 Å². The highest BCUT2D eigenvalue weighted by atomic mass is 32.1. The van der Waals surface area contributed by atoms with E-state index in [1.807, 2.05) is 11.3 Å². The first kappa shape index (κ1) is 27.9. The van der Waals surface area contributed by atoms with Crippen molar-refractivity contribution < 1.29 is 0 Å². The Morgan fingerprint density at radius 1 is 0.660 bits per heavy atom. The van der Waals surface area contributed by atoms with Crippen LogP contribution in [0.1, 0.15) is 38.8 Å². The maximum Gasteiger partial charge on any atom is 0.235 e. The SMILES string of the molecule is C/C=C/c1ccc2c(c1)c1c3sc4ccccc4c3c3ccccc3c1n2-c1nc(-c2ccc(C(C)(C)C)cc2)c2ccccc2n1. The molecule has 0 aliphatic rings. The van der Waals surface area contributed by atoms with Crippen molar-refractivity contribution in [2.45, 2.75) is 33.1 Å². The van der Waals surface area contributed by atoms with E-state index in [0.29, 0.717) is 5.95 Å². The van der Waals surface area contributed by atoms with Crippen molar-refractivity contribution in [3.8, 4) is 17.2 Å². The molecule has 3 aromatic heterocycles. The molecule has 0 spiro atoms. The molecule has 0 saturated carbocycles. The van der Waals surface area contributed by atoms with E-state index in [-0.39, 0.29) is 5.41 Å². The summed E-state index contributed by atoms with van der Waals surface area (Å²) in [6, 6.07) is 41.7. The minimum absolute atomic E-state index is 0.0746. The molecule has 0 bridgehead atoms. The van der Waals surface area contributed by atoms with Gasteiger partial charge in [-0.1, -0.05) is 124 Å². The zero-order valence-corrected chi connectivity index (χ0v) is 27.7. The first-order valence-corrected chi connectivity index (χ1v) is 17.0. The highest BCUT2D eigenvalue weighted by Crippen LogP contribution is 2.48. The Labute approximate surface area is 277 Å². The molecule has 0 aliphatic carbocycles. The van der Waals surface area contributed by atoms with Gasteiger partial charge in [-0.15, -0.1) is 11.3 Å². The zero-order chi connectivity index (χ0) is 31.9. The normalized spacial score (nSPS) is 12.6. The van der Waals surface area contributed by atoms with Gasteiger partial charge in [0.1, 0.15) is 0 Å². The first-order chi connectivity index (χ1) is 22.9. The van der Waals surface area contributed by atoms with E-state index in [0.717, 1.165) is 33.2 Å². The molecule has 0 amide bonds. The smallest absolute Gasteiger partial charge is 0.235 e. The van der Waals surface area contributed by atoms with Crippen molar-refractivity contribution in [1.29, 1.82) is 0 Å². The van der Waals surface area contributed by atoms with Crippen molar-refractivity contribution in [3.63, 3.8) is 0 Å².